The second kappa shape index (κ2) is 9.08. The molecule has 2 aromatic rings. The molecule has 0 saturated heterocycles. The van der Waals surface area contributed by atoms with E-state index in [1.54, 1.807) is 0 Å². The van der Waals surface area contributed by atoms with Crippen LogP contribution >= 0.6 is 15.9 Å². The molecule has 2 rings (SSSR count). The van der Waals surface area contributed by atoms with Crippen molar-refractivity contribution >= 4 is 27.6 Å². The third-order valence-electron chi connectivity index (χ3n) is 3.94. The molecule has 0 aliphatic rings. The zero-order chi connectivity index (χ0) is 19.2. The standard InChI is InChI=1S/C21H27BrN2O2/c1-15-7-5-8-17(13-15)24-20(25)23-11-6-12-26-19-10-9-16(14-18(19)22)21(2,3)4/h5,7-10,13-14H,6,11-12H2,1-4H3,(H2,23,24,25). The van der Waals surface area contributed by atoms with Gasteiger partial charge in [-0.05, 0) is 70.1 Å². The summed E-state index contributed by atoms with van der Waals surface area (Å²) in [5.41, 5.74) is 3.27. The molecular weight excluding hydrogens is 392 g/mol. The van der Waals surface area contributed by atoms with Gasteiger partial charge in [0.2, 0.25) is 0 Å². The molecule has 0 bridgehead atoms. The molecule has 0 radical (unpaired) electrons. The van der Waals surface area contributed by atoms with Crippen LogP contribution in [-0.2, 0) is 5.41 Å². The van der Waals surface area contributed by atoms with E-state index in [2.05, 4.69) is 59.5 Å². The predicted molar refractivity (Wildman–Crippen MR) is 111 cm³/mol. The molecule has 2 N–H and O–H groups in total. The number of carbonyl (C=O) groups is 1. The summed E-state index contributed by atoms with van der Waals surface area (Å²) in [6.45, 7) is 9.63. The van der Waals surface area contributed by atoms with E-state index in [0.29, 0.717) is 13.2 Å². The van der Waals surface area contributed by atoms with Gasteiger partial charge < -0.3 is 15.4 Å². The molecule has 0 heterocycles. The van der Waals surface area contributed by atoms with Gasteiger partial charge in [-0.1, -0.05) is 39.0 Å². The number of benzene rings is 2. The minimum absolute atomic E-state index is 0.107. The molecule has 0 aliphatic carbocycles. The molecule has 0 atom stereocenters. The van der Waals surface area contributed by atoms with Gasteiger partial charge in [-0.2, -0.15) is 0 Å². The summed E-state index contributed by atoms with van der Waals surface area (Å²) in [6, 6.07) is 13.7. The van der Waals surface area contributed by atoms with E-state index >= 15 is 0 Å². The number of aryl methyl sites for hydroxylation is 1. The summed E-state index contributed by atoms with van der Waals surface area (Å²) in [4.78, 5) is 11.9. The lowest BCUT2D eigenvalue weighted by atomic mass is 9.87. The van der Waals surface area contributed by atoms with Gasteiger partial charge in [0.15, 0.2) is 0 Å². The number of ether oxygens (including phenoxy) is 1. The van der Waals surface area contributed by atoms with Gasteiger partial charge in [0.05, 0.1) is 11.1 Å². The number of hydrogen-bond acceptors (Lipinski definition) is 2. The highest BCUT2D eigenvalue weighted by Crippen LogP contribution is 2.31. The van der Waals surface area contributed by atoms with Gasteiger partial charge in [0, 0.05) is 12.2 Å². The van der Waals surface area contributed by atoms with Crippen LogP contribution in [0.2, 0.25) is 0 Å². The number of nitrogens with one attached hydrogen (secondary N) is 2. The van der Waals surface area contributed by atoms with E-state index in [9.17, 15) is 4.79 Å². The Morgan fingerprint density at radius 3 is 2.58 bits per heavy atom. The fourth-order valence-corrected chi connectivity index (χ4v) is 2.93. The fraction of sp³-hybridized carbons (Fsp3) is 0.381. The van der Waals surface area contributed by atoms with Crippen LogP contribution in [0.4, 0.5) is 10.5 Å². The van der Waals surface area contributed by atoms with Crippen molar-refractivity contribution in [3.63, 3.8) is 0 Å². The molecule has 2 amide bonds. The van der Waals surface area contributed by atoms with Crippen LogP contribution in [-0.4, -0.2) is 19.2 Å². The van der Waals surface area contributed by atoms with Crippen molar-refractivity contribution < 1.29 is 9.53 Å². The lowest BCUT2D eigenvalue weighted by Crippen LogP contribution is -2.30. The van der Waals surface area contributed by atoms with Crippen molar-refractivity contribution in [3.05, 3.63) is 58.1 Å². The van der Waals surface area contributed by atoms with Crippen molar-refractivity contribution in [1.82, 2.24) is 5.32 Å². The smallest absolute Gasteiger partial charge is 0.319 e. The van der Waals surface area contributed by atoms with Crippen LogP contribution in [0.15, 0.2) is 46.9 Å². The summed E-state index contributed by atoms with van der Waals surface area (Å²) >= 11 is 3.57. The third kappa shape index (κ3) is 6.37. The Hall–Kier alpha value is -2.01. The molecule has 0 aromatic heterocycles. The molecule has 2 aromatic carbocycles. The molecule has 0 aliphatic heterocycles. The monoisotopic (exact) mass is 418 g/mol. The zero-order valence-corrected chi connectivity index (χ0v) is 17.4. The molecule has 0 spiro atoms. The Morgan fingerprint density at radius 2 is 1.92 bits per heavy atom. The van der Waals surface area contributed by atoms with Crippen molar-refractivity contribution in [2.24, 2.45) is 0 Å². The molecule has 0 saturated carbocycles. The highest BCUT2D eigenvalue weighted by atomic mass is 79.9. The van der Waals surface area contributed by atoms with E-state index in [4.69, 9.17) is 4.74 Å². The summed E-state index contributed by atoms with van der Waals surface area (Å²) in [7, 11) is 0. The summed E-state index contributed by atoms with van der Waals surface area (Å²) in [5.74, 6) is 0.821. The summed E-state index contributed by atoms with van der Waals surface area (Å²) in [6.07, 6.45) is 0.731. The number of halogens is 1. The maximum atomic E-state index is 11.9. The van der Waals surface area contributed by atoms with Gasteiger partial charge in [-0.15, -0.1) is 0 Å². The first-order valence-corrected chi connectivity index (χ1v) is 9.59. The van der Waals surface area contributed by atoms with Crippen LogP contribution in [0.3, 0.4) is 0 Å². The SMILES string of the molecule is Cc1cccc(NC(=O)NCCCOc2ccc(C(C)(C)C)cc2Br)c1. The predicted octanol–water partition coefficient (Wildman–Crippen LogP) is 5.65. The Kier molecular flexibility index (Phi) is 7.09. The molecule has 0 unspecified atom stereocenters. The third-order valence-corrected chi connectivity index (χ3v) is 4.56. The van der Waals surface area contributed by atoms with Crippen molar-refractivity contribution in [2.45, 2.75) is 39.5 Å². The number of anilines is 1. The minimum atomic E-state index is -0.202. The number of hydrogen-bond donors (Lipinski definition) is 2. The van der Waals surface area contributed by atoms with E-state index in [-0.39, 0.29) is 11.4 Å². The average Bonchev–Trinajstić information content (AvgIpc) is 2.55. The van der Waals surface area contributed by atoms with Gasteiger partial charge in [0.25, 0.3) is 0 Å². The summed E-state index contributed by atoms with van der Waals surface area (Å²) < 4.78 is 6.76. The fourth-order valence-electron chi connectivity index (χ4n) is 2.44. The second-order valence-corrected chi connectivity index (χ2v) is 8.20. The van der Waals surface area contributed by atoms with Gasteiger partial charge in [0.1, 0.15) is 5.75 Å². The first-order valence-electron chi connectivity index (χ1n) is 8.80. The van der Waals surface area contributed by atoms with Crippen molar-refractivity contribution in [1.29, 1.82) is 0 Å². The zero-order valence-electron chi connectivity index (χ0n) is 15.9. The average molecular weight is 419 g/mol. The van der Waals surface area contributed by atoms with Gasteiger partial charge in [-0.25, -0.2) is 4.79 Å². The largest absolute Gasteiger partial charge is 0.492 e. The minimum Gasteiger partial charge on any atom is -0.492 e. The molecule has 5 heteroatoms. The van der Waals surface area contributed by atoms with Gasteiger partial charge >= 0.3 is 6.03 Å². The molecule has 4 nitrogen and oxygen atoms in total. The quantitative estimate of drug-likeness (QED) is 0.595. The van der Waals surface area contributed by atoms with Crippen LogP contribution in [0.25, 0.3) is 0 Å². The Bertz CT molecular complexity index is 754. The maximum Gasteiger partial charge on any atom is 0.319 e. The highest BCUT2D eigenvalue weighted by molar-refractivity contribution is 9.10. The van der Waals surface area contributed by atoms with E-state index in [0.717, 1.165) is 27.9 Å². The molecule has 0 fully saturated rings. The Balaban J connectivity index is 1.71. The second-order valence-electron chi connectivity index (χ2n) is 7.35. The topological polar surface area (TPSA) is 50.4 Å². The Labute approximate surface area is 164 Å². The highest BCUT2D eigenvalue weighted by Gasteiger charge is 2.15. The Morgan fingerprint density at radius 1 is 1.15 bits per heavy atom. The normalized spacial score (nSPS) is 11.1. The number of urea groups is 1. The number of amides is 2. The van der Waals surface area contributed by atoms with E-state index < -0.39 is 0 Å². The molecule has 26 heavy (non-hydrogen) atoms. The van der Waals surface area contributed by atoms with Crippen molar-refractivity contribution in [3.8, 4) is 5.75 Å². The van der Waals surface area contributed by atoms with Crippen LogP contribution < -0.4 is 15.4 Å². The van der Waals surface area contributed by atoms with E-state index in [1.165, 1.54) is 5.56 Å². The lowest BCUT2D eigenvalue weighted by molar-refractivity contribution is 0.250. The first-order chi connectivity index (χ1) is 12.3. The van der Waals surface area contributed by atoms with Crippen LogP contribution in [0.1, 0.15) is 38.3 Å². The number of carbonyl (C=O) groups excluding carboxylic acids is 1. The molecule has 140 valence electrons. The lowest BCUT2D eigenvalue weighted by Gasteiger charge is -2.20. The molecular formula is C21H27BrN2O2. The van der Waals surface area contributed by atoms with Crippen LogP contribution in [0, 0.1) is 6.92 Å². The van der Waals surface area contributed by atoms with Crippen LogP contribution in [0.5, 0.6) is 5.75 Å². The van der Waals surface area contributed by atoms with Crippen molar-refractivity contribution in [2.75, 3.05) is 18.5 Å². The summed E-state index contributed by atoms with van der Waals surface area (Å²) in [5, 5.41) is 5.66. The first kappa shape index (κ1) is 20.3. The van der Waals surface area contributed by atoms with E-state index in [1.807, 2.05) is 37.3 Å². The number of rotatable bonds is 6. The maximum absolute atomic E-state index is 11.9. The van der Waals surface area contributed by atoms with Gasteiger partial charge in [-0.3, -0.25) is 0 Å².